The van der Waals surface area contributed by atoms with Crippen molar-refractivity contribution in [2.24, 2.45) is 0 Å². The molecule has 14 heteroatoms. The molecule has 0 aromatic carbocycles. The molecule has 0 spiro atoms. The summed E-state index contributed by atoms with van der Waals surface area (Å²) in [5.74, 6) is -1.77. The molecule has 3 N–H and O–H groups in total. The minimum absolute atomic E-state index is 0.0182. The van der Waals surface area contributed by atoms with Crippen LogP contribution in [0.15, 0.2) is 21.9 Å². The summed E-state index contributed by atoms with van der Waals surface area (Å²) in [6.07, 6.45) is -7.15. The minimum atomic E-state index is -1.65. The van der Waals surface area contributed by atoms with E-state index in [4.69, 9.17) is 28.4 Å². The van der Waals surface area contributed by atoms with Crippen LogP contribution in [-0.2, 0) is 38.0 Å². The lowest BCUT2D eigenvalue weighted by Gasteiger charge is -2.24. The molecular weight excluding hydrogens is 436 g/mol. The van der Waals surface area contributed by atoms with Gasteiger partial charge < -0.3 is 38.6 Å². The van der Waals surface area contributed by atoms with Crippen molar-refractivity contribution in [3.05, 3.63) is 33.1 Å². The van der Waals surface area contributed by atoms with E-state index in [2.05, 4.69) is 0 Å². The molecule has 14 nitrogen and oxygen atoms in total. The van der Waals surface area contributed by atoms with E-state index in [0.29, 0.717) is 0 Å². The number of hydrogen-bond acceptors (Lipinski definition) is 12. The van der Waals surface area contributed by atoms with Gasteiger partial charge in [0.05, 0.1) is 19.8 Å². The molecule has 0 radical (unpaired) electrons. The first-order valence-electron chi connectivity index (χ1n) is 9.86. The van der Waals surface area contributed by atoms with Crippen molar-refractivity contribution in [1.29, 1.82) is 0 Å². The second kappa shape index (κ2) is 10.3. The maximum absolute atomic E-state index is 12.2. The number of nitrogens with zero attached hydrogens (tertiary/aromatic N) is 1. The van der Waals surface area contributed by atoms with Crippen LogP contribution in [-0.4, -0.2) is 88.5 Å². The van der Waals surface area contributed by atoms with Crippen molar-refractivity contribution in [1.82, 2.24) is 9.55 Å². The fourth-order valence-corrected chi connectivity index (χ4v) is 3.28. The summed E-state index contributed by atoms with van der Waals surface area (Å²) in [6, 6.07) is 1.05. The quantitative estimate of drug-likeness (QED) is 0.343. The van der Waals surface area contributed by atoms with E-state index < -0.39 is 73.0 Å². The molecule has 3 heterocycles. The number of carbonyl (C=O) groups excluding carboxylic acids is 2. The topological polar surface area (TPSA) is 185 Å². The molecular formula is C18H24N2O12. The van der Waals surface area contributed by atoms with Gasteiger partial charge in [0.2, 0.25) is 0 Å². The predicted octanol–water partition coefficient (Wildman–Crippen LogP) is -2.63. The highest BCUT2D eigenvalue weighted by Crippen LogP contribution is 2.34. The van der Waals surface area contributed by atoms with Gasteiger partial charge in [-0.3, -0.25) is 14.3 Å². The lowest BCUT2D eigenvalue weighted by atomic mass is 10.1. The largest absolute Gasteiger partial charge is 0.464 e. The fourth-order valence-electron chi connectivity index (χ4n) is 3.28. The molecule has 2 aliphatic heterocycles. The second-order valence-electron chi connectivity index (χ2n) is 6.76. The van der Waals surface area contributed by atoms with Crippen LogP contribution in [0.2, 0.25) is 0 Å². The molecule has 0 bridgehead atoms. The smallest absolute Gasteiger partial charge is 0.338 e. The summed E-state index contributed by atoms with van der Waals surface area (Å²) < 4.78 is 32.5. The number of nitrogens with one attached hydrogen (secondary N) is 1. The molecule has 0 saturated carbocycles. The van der Waals surface area contributed by atoms with Crippen LogP contribution in [0.3, 0.4) is 0 Å². The van der Waals surface area contributed by atoms with E-state index in [1.807, 2.05) is 4.98 Å². The number of rotatable bonds is 8. The zero-order chi connectivity index (χ0) is 23.4. The summed E-state index contributed by atoms with van der Waals surface area (Å²) in [5.41, 5.74) is -1.51. The third kappa shape index (κ3) is 4.90. The molecule has 2 saturated heterocycles. The number of aliphatic hydroxyl groups is 2. The Morgan fingerprint density at radius 3 is 2.19 bits per heavy atom. The Kier molecular flexibility index (Phi) is 7.76. The van der Waals surface area contributed by atoms with Crippen molar-refractivity contribution in [3.8, 4) is 0 Å². The molecule has 178 valence electrons. The third-order valence-corrected chi connectivity index (χ3v) is 4.71. The molecule has 1 aromatic heterocycles. The van der Waals surface area contributed by atoms with Crippen molar-refractivity contribution in [2.75, 3.05) is 19.8 Å². The highest BCUT2D eigenvalue weighted by atomic mass is 16.9. The number of carbonyl (C=O) groups is 2. The number of aliphatic hydroxyl groups excluding tert-OH is 2. The molecule has 0 amide bonds. The van der Waals surface area contributed by atoms with Gasteiger partial charge in [-0.25, -0.2) is 14.4 Å². The number of aromatic nitrogens is 2. The zero-order valence-corrected chi connectivity index (χ0v) is 17.2. The molecule has 0 unspecified atom stereocenters. The Labute approximate surface area is 180 Å². The molecule has 6 atom stereocenters. The number of hydrogen-bond donors (Lipinski definition) is 3. The summed E-state index contributed by atoms with van der Waals surface area (Å²) in [6.45, 7) is 0.900. The van der Waals surface area contributed by atoms with Crippen LogP contribution in [0.1, 0.15) is 20.1 Å². The van der Waals surface area contributed by atoms with Crippen molar-refractivity contribution < 1.29 is 48.2 Å². The van der Waals surface area contributed by atoms with Crippen molar-refractivity contribution in [3.63, 3.8) is 0 Å². The Hall–Kier alpha value is -2.62. The SMILES string of the molecule is CCOC(=O)[C@H]1OC(O[C@H]2[C@@H](O)[C@H](CO)O[C@@H]2n2ccc(=O)[nH]c2=O)O[C@@H]1C(=O)OCC. The molecule has 2 aliphatic rings. The van der Waals surface area contributed by atoms with Crippen LogP contribution in [0.4, 0.5) is 0 Å². The maximum Gasteiger partial charge on any atom is 0.338 e. The van der Waals surface area contributed by atoms with Crippen LogP contribution in [0.5, 0.6) is 0 Å². The van der Waals surface area contributed by atoms with Crippen molar-refractivity contribution in [2.45, 2.75) is 57.1 Å². The van der Waals surface area contributed by atoms with Crippen molar-refractivity contribution >= 4 is 11.9 Å². The van der Waals surface area contributed by atoms with Crippen LogP contribution < -0.4 is 11.2 Å². The van der Waals surface area contributed by atoms with Crippen LogP contribution in [0, 0.1) is 0 Å². The average molecular weight is 460 g/mol. The van der Waals surface area contributed by atoms with Gasteiger partial charge in [0.25, 0.3) is 12.0 Å². The first kappa shape index (κ1) is 24.0. The molecule has 0 aliphatic carbocycles. The van der Waals surface area contributed by atoms with Gasteiger partial charge in [-0.15, -0.1) is 0 Å². The van der Waals surface area contributed by atoms with Gasteiger partial charge in [0, 0.05) is 12.3 Å². The standard InChI is InChI=1S/C18H24N2O12/c1-3-27-15(24)12-13(16(25)28-4-2)32-18(31-12)30-11-10(23)8(7-21)29-14(11)20-6-5-9(22)19-17(20)26/h5-6,8,10-14,18,21,23H,3-4,7H2,1-2H3,(H,19,22,26)/t8-,10-,11-,12-,13-,14-/m0/s1. The van der Waals surface area contributed by atoms with E-state index in [0.717, 1.165) is 16.8 Å². The van der Waals surface area contributed by atoms with Gasteiger partial charge in [-0.2, -0.15) is 0 Å². The van der Waals surface area contributed by atoms with Gasteiger partial charge in [0.15, 0.2) is 18.4 Å². The Balaban J connectivity index is 1.83. The van der Waals surface area contributed by atoms with Crippen LogP contribution in [0.25, 0.3) is 0 Å². The normalized spacial score (nSPS) is 30.4. The highest BCUT2D eigenvalue weighted by Gasteiger charge is 2.52. The number of aromatic amines is 1. The number of esters is 2. The zero-order valence-electron chi connectivity index (χ0n) is 17.2. The minimum Gasteiger partial charge on any atom is -0.464 e. The van der Waals surface area contributed by atoms with E-state index in [1.165, 1.54) is 0 Å². The molecule has 2 fully saturated rings. The highest BCUT2D eigenvalue weighted by molar-refractivity contribution is 5.86. The summed E-state index contributed by atoms with van der Waals surface area (Å²) in [7, 11) is 0. The first-order valence-corrected chi connectivity index (χ1v) is 9.86. The average Bonchev–Trinajstić information content (AvgIpc) is 3.31. The van der Waals surface area contributed by atoms with E-state index >= 15 is 0 Å². The lowest BCUT2D eigenvalue weighted by molar-refractivity contribution is -0.281. The third-order valence-electron chi connectivity index (χ3n) is 4.71. The number of ether oxygens (including phenoxy) is 6. The molecule has 1 aromatic rings. The molecule has 32 heavy (non-hydrogen) atoms. The van der Waals surface area contributed by atoms with Gasteiger partial charge in [-0.05, 0) is 13.8 Å². The van der Waals surface area contributed by atoms with E-state index in [9.17, 15) is 29.4 Å². The van der Waals surface area contributed by atoms with Gasteiger partial charge in [-0.1, -0.05) is 0 Å². The Bertz CT molecular complexity index is 903. The van der Waals surface area contributed by atoms with Gasteiger partial charge in [0.1, 0.15) is 18.3 Å². The predicted molar refractivity (Wildman–Crippen MR) is 100.0 cm³/mol. The fraction of sp³-hybridized carbons (Fsp3) is 0.667. The van der Waals surface area contributed by atoms with E-state index in [1.54, 1.807) is 13.8 Å². The first-order chi connectivity index (χ1) is 15.3. The Morgan fingerprint density at radius 2 is 1.69 bits per heavy atom. The summed E-state index contributed by atoms with van der Waals surface area (Å²) in [5, 5.41) is 20.0. The van der Waals surface area contributed by atoms with E-state index in [-0.39, 0.29) is 13.2 Å². The van der Waals surface area contributed by atoms with Crippen LogP contribution >= 0.6 is 0 Å². The summed E-state index contributed by atoms with van der Waals surface area (Å²) in [4.78, 5) is 50.0. The second-order valence-corrected chi connectivity index (χ2v) is 6.76. The monoisotopic (exact) mass is 460 g/mol. The van der Waals surface area contributed by atoms with Gasteiger partial charge >= 0.3 is 17.6 Å². The lowest BCUT2D eigenvalue weighted by Crippen LogP contribution is -2.41. The summed E-state index contributed by atoms with van der Waals surface area (Å²) >= 11 is 0. The maximum atomic E-state index is 12.2. The molecule has 3 rings (SSSR count). The Morgan fingerprint density at radius 1 is 1.09 bits per heavy atom. The number of H-pyrrole nitrogens is 1.